The molecule has 0 aromatic heterocycles. The monoisotopic (exact) mass is 340 g/mol. The van der Waals surface area contributed by atoms with Gasteiger partial charge in [0.25, 0.3) is 0 Å². The number of urea groups is 1. The number of benzene rings is 1. The van der Waals surface area contributed by atoms with E-state index in [1.54, 1.807) is 23.1 Å². The lowest BCUT2D eigenvalue weighted by molar-refractivity contribution is -0.0493. The Bertz CT molecular complexity index is 557. The van der Waals surface area contributed by atoms with Crippen molar-refractivity contribution in [3.8, 4) is 5.75 Å². The summed E-state index contributed by atoms with van der Waals surface area (Å²) in [6, 6.07) is 5.92. The Morgan fingerprint density at radius 2 is 2.00 bits per heavy atom. The van der Waals surface area contributed by atoms with Crippen molar-refractivity contribution in [3.63, 3.8) is 0 Å². The van der Waals surface area contributed by atoms with E-state index in [0.717, 1.165) is 32.3 Å². The Kier molecular flexibility index (Phi) is 5.50. The molecular formula is C17H22F2N2O3. The quantitative estimate of drug-likeness (QED) is 0.909. The van der Waals surface area contributed by atoms with Crippen LogP contribution in [-0.4, -0.2) is 43.3 Å². The van der Waals surface area contributed by atoms with Crippen LogP contribution in [0, 0.1) is 5.92 Å². The minimum atomic E-state index is -2.93. The highest BCUT2D eigenvalue weighted by Gasteiger charge is 2.31. The topological polar surface area (TPSA) is 50.8 Å². The molecule has 2 saturated heterocycles. The zero-order valence-electron chi connectivity index (χ0n) is 13.4. The average molecular weight is 340 g/mol. The van der Waals surface area contributed by atoms with Crippen LogP contribution in [0.5, 0.6) is 5.75 Å². The van der Waals surface area contributed by atoms with Crippen molar-refractivity contribution in [3.05, 3.63) is 24.3 Å². The molecule has 1 atom stereocenters. The first-order valence-corrected chi connectivity index (χ1v) is 8.35. The number of carbonyl (C=O) groups is 1. The average Bonchev–Trinajstić information content (AvgIpc) is 3.11. The molecule has 132 valence electrons. The standard InChI is InChI=1S/C17H22F2N2O3/c18-16(19)24-15-5-2-1-4-13(15)20-17(22)21-9-7-12(8-10-21)14-6-3-11-23-14/h1-2,4-5,12,14,16H,3,6-11H2,(H,20,22)/t14-/m0/s1. The molecule has 2 amide bonds. The fraction of sp³-hybridized carbons (Fsp3) is 0.588. The van der Waals surface area contributed by atoms with Gasteiger partial charge in [0, 0.05) is 19.7 Å². The van der Waals surface area contributed by atoms with Gasteiger partial charge in [-0.1, -0.05) is 12.1 Å². The highest BCUT2D eigenvalue weighted by Crippen LogP contribution is 2.30. The molecule has 0 bridgehead atoms. The van der Waals surface area contributed by atoms with Crippen LogP contribution >= 0.6 is 0 Å². The van der Waals surface area contributed by atoms with E-state index in [1.165, 1.54) is 6.07 Å². The number of carbonyl (C=O) groups excluding carboxylic acids is 1. The number of alkyl halides is 2. The summed E-state index contributed by atoms with van der Waals surface area (Å²) in [5.41, 5.74) is 0.254. The van der Waals surface area contributed by atoms with E-state index in [1.807, 2.05) is 0 Å². The number of nitrogens with one attached hydrogen (secondary N) is 1. The third-order valence-corrected chi connectivity index (χ3v) is 4.66. The molecule has 2 fully saturated rings. The van der Waals surface area contributed by atoms with Gasteiger partial charge >= 0.3 is 12.6 Å². The van der Waals surface area contributed by atoms with Crippen molar-refractivity contribution in [2.24, 2.45) is 5.92 Å². The van der Waals surface area contributed by atoms with Gasteiger partial charge in [0.2, 0.25) is 0 Å². The van der Waals surface area contributed by atoms with Crippen molar-refractivity contribution < 1.29 is 23.0 Å². The second-order valence-corrected chi connectivity index (χ2v) is 6.18. The van der Waals surface area contributed by atoms with Crippen LogP contribution in [0.25, 0.3) is 0 Å². The van der Waals surface area contributed by atoms with Gasteiger partial charge in [-0.15, -0.1) is 0 Å². The zero-order chi connectivity index (χ0) is 16.9. The molecule has 2 heterocycles. The van der Waals surface area contributed by atoms with Crippen molar-refractivity contribution in [2.45, 2.75) is 38.4 Å². The number of hydrogen-bond acceptors (Lipinski definition) is 3. The van der Waals surface area contributed by atoms with E-state index in [0.29, 0.717) is 25.1 Å². The van der Waals surface area contributed by atoms with E-state index in [2.05, 4.69) is 10.1 Å². The predicted octanol–water partition coefficient (Wildman–Crippen LogP) is 3.71. The van der Waals surface area contributed by atoms with Crippen LogP contribution in [0.2, 0.25) is 0 Å². The first-order valence-electron chi connectivity index (χ1n) is 8.35. The Balaban J connectivity index is 1.54. The SMILES string of the molecule is O=C(Nc1ccccc1OC(F)F)N1CCC([C@@H]2CCCO2)CC1. The summed E-state index contributed by atoms with van der Waals surface area (Å²) in [7, 11) is 0. The third-order valence-electron chi connectivity index (χ3n) is 4.66. The van der Waals surface area contributed by atoms with Crippen molar-refractivity contribution in [1.82, 2.24) is 4.90 Å². The molecule has 2 aliphatic heterocycles. The summed E-state index contributed by atoms with van der Waals surface area (Å²) in [5, 5.41) is 2.67. The molecule has 1 aromatic carbocycles. The maximum absolute atomic E-state index is 12.4. The summed E-state index contributed by atoms with van der Waals surface area (Å²) in [6.07, 6.45) is 4.37. The van der Waals surface area contributed by atoms with Gasteiger partial charge in [-0.2, -0.15) is 8.78 Å². The Morgan fingerprint density at radius 1 is 1.25 bits per heavy atom. The highest BCUT2D eigenvalue weighted by molar-refractivity contribution is 5.91. The molecule has 24 heavy (non-hydrogen) atoms. The van der Waals surface area contributed by atoms with Crippen molar-refractivity contribution in [2.75, 3.05) is 25.0 Å². The number of amides is 2. The van der Waals surface area contributed by atoms with Crippen molar-refractivity contribution >= 4 is 11.7 Å². The molecule has 0 spiro atoms. The number of para-hydroxylation sites is 2. The molecule has 2 aliphatic rings. The van der Waals surface area contributed by atoms with Gasteiger partial charge in [-0.25, -0.2) is 4.79 Å². The molecule has 0 saturated carbocycles. The summed E-state index contributed by atoms with van der Waals surface area (Å²) in [6.45, 7) is -0.792. The van der Waals surface area contributed by atoms with Crippen LogP contribution in [0.1, 0.15) is 25.7 Å². The van der Waals surface area contributed by atoms with E-state index in [-0.39, 0.29) is 17.5 Å². The lowest BCUT2D eigenvalue weighted by Crippen LogP contribution is -2.43. The zero-order valence-corrected chi connectivity index (χ0v) is 13.4. The number of piperidine rings is 1. The van der Waals surface area contributed by atoms with E-state index >= 15 is 0 Å². The fourth-order valence-corrected chi connectivity index (χ4v) is 3.41. The number of hydrogen-bond donors (Lipinski definition) is 1. The molecule has 3 rings (SSSR count). The molecule has 5 nitrogen and oxygen atoms in total. The normalized spacial score (nSPS) is 22.0. The predicted molar refractivity (Wildman–Crippen MR) is 85.4 cm³/mol. The number of nitrogens with zero attached hydrogens (tertiary/aromatic N) is 1. The fourth-order valence-electron chi connectivity index (χ4n) is 3.41. The van der Waals surface area contributed by atoms with Crippen LogP contribution < -0.4 is 10.1 Å². The summed E-state index contributed by atoms with van der Waals surface area (Å²) in [4.78, 5) is 14.1. The number of rotatable bonds is 4. The highest BCUT2D eigenvalue weighted by atomic mass is 19.3. The number of likely N-dealkylation sites (tertiary alicyclic amines) is 1. The first kappa shape index (κ1) is 17.0. The van der Waals surface area contributed by atoms with Gasteiger partial charge in [0.1, 0.15) is 5.75 Å². The molecule has 0 unspecified atom stereocenters. The maximum atomic E-state index is 12.4. The smallest absolute Gasteiger partial charge is 0.387 e. The van der Waals surface area contributed by atoms with Crippen LogP contribution in [0.15, 0.2) is 24.3 Å². The molecular weight excluding hydrogens is 318 g/mol. The molecule has 0 radical (unpaired) electrons. The lowest BCUT2D eigenvalue weighted by atomic mass is 9.90. The van der Waals surface area contributed by atoms with Gasteiger partial charge in [-0.3, -0.25) is 0 Å². The van der Waals surface area contributed by atoms with Gasteiger partial charge < -0.3 is 19.7 Å². The largest absolute Gasteiger partial charge is 0.433 e. The van der Waals surface area contributed by atoms with Crippen LogP contribution in [-0.2, 0) is 4.74 Å². The minimum Gasteiger partial charge on any atom is -0.433 e. The molecule has 7 heteroatoms. The van der Waals surface area contributed by atoms with Crippen LogP contribution in [0.4, 0.5) is 19.3 Å². The molecule has 1 aromatic rings. The Labute approximate surface area is 139 Å². The van der Waals surface area contributed by atoms with Crippen molar-refractivity contribution in [1.29, 1.82) is 0 Å². The first-order chi connectivity index (χ1) is 11.6. The van der Waals surface area contributed by atoms with E-state index in [9.17, 15) is 13.6 Å². The van der Waals surface area contributed by atoms with E-state index < -0.39 is 6.61 Å². The van der Waals surface area contributed by atoms with Gasteiger partial charge in [-0.05, 0) is 43.7 Å². The Morgan fingerprint density at radius 3 is 2.67 bits per heavy atom. The lowest BCUT2D eigenvalue weighted by Gasteiger charge is -2.34. The van der Waals surface area contributed by atoms with Gasteiger partial charge in [0.05, 0.1) is 11.8 Å². The summed E-state index contributed by atoms with van der Waals surface area (Å²) < 4.78 is 35.0. The van der Waals surface area contributed by atoms with Gasteiger partial charge in [0.15, 0.2) is 0 Å². The third kappa shape index (κ3) is 4.14. The molecule has 0 aliphatic carbocycles. The van der Waals surface area contributed by atoms with Crippen LogP contribution in [0.3, 0.4) is 0 Å². The summed E-state index contributed by atoms with van der Waals surface area (Å²) >= 11 is 0. The second-order valence-electron chi connectivity index (χ2n) is 6.18. The minimum absolute atomic E-state index is 0.0323. The number of anilines is 1. The Hall–Kier alpha value is -1.89. The summed E-state index contributed by atoms with van der Waals surface area (Å²) in [5.74, 6) is 0.473. The number of halogens is 2. The van der Waals surface area contributed by atoms with E-state index in [4.69, 9.17) is 4.74 Å². The second kappa shape index (κ2) is 7.79. The maximum Gasteiger partial charge on any atom is 0.387 e. The number of ether oxygens (including phenoxy) is 2. The molecule has 1 N–H and O–H groups in total.